The summed E-state index contributed by atoms with van der Waals surface area (Å²) >= 11 is 12.7. The average molecular weight is 593 g/mol. The van der Waals surface area contributed by atoms with Crippen LogP contribution in [0, 0.1) is 11.6 Å². The zero-order valence-corrected chi connectivity index (χ0v) is 24.1. The number of hydrogen-bond acceptors (Lipinski definition) is 4. The highest BCUT2D eigenvalue weighted by atomic mass is 35.5. The lowest BCUT2D eigenvalue weighted by atomic mass is 10.1. The van der Waals surface area contributed by atoms with Crippen LogP contribution in [0.15, 0.2) is 36.4 Å². The van der Waals surface area contributed by atoms with Gasteiger partial charge >= 0.3 is 0 Å². The van der Waals surface area contributed by atoms with E-state index in [-0.39, 0.29) is 43.6 Å². The van der Waals surface area contributed by atoms with E-state index in [1.807, 2.05) is 13.8 Å². The Hall–Kier alpha value is -2.43. The van der Waals surface area contributed by atoms with Crippen molar-refractivity contribution in [1.29, 1.82) is 0 Å². The number of rotatable bonds is 13. The van der Waals surface area contributed by atoms with Gasteiger partial charge < -0.3 is 10.2 Å². The molecule has 210 valence electrons. The molecule has 1 N–H and O–H groups in total. The van der Waals surface area contributed by atoms with E-state index in [0.29, 0.717) is 28.5 Å². The van der Waals surface area contributed by atoms with Crippen LogP contribution in [0.4, 0.5) is 14.5 Å². The Morgan fingerprint density at radius 2 is 1.66 bits per heavy atom. The number of sulfonamides is 1. The topological polar surface area (TPSA) is 86.8 Å². The van der Waals surface area contributed by atoms with Gasteiger partial charge in [0, 0.05) is 47.2 Å². The summed E-state index contributed by atoms with van der Waals surface area (Å²) < 4.78 is 52.8. The van der Waals surface area contributed by atoms with Gasteiger partial charge in [-0.2, -0.15) is 0 Å². The molecule has 0 saturated carbocycles. The molecule has 2 rings (SSSR count). The van der Waals surface area contributed by atoms with E-state index in [1.54, 1.807) is 25.1 Å². The van der Waals surface area contributed by atoms with Crippen LogP contribution in [0.1, 0.15) is 52.0 Å². The third kappa shape index (κ3) is 8.54. The summed E-state index contributed by atoms with van der Waals surface area (Å²) in [6.07, 6.45) is 1.90. The summed E-state index contributed by atoms with van der Waals surface area (Å²) in [7, 11) is -3.86. The van der Waals surface area contributed by atoms with E-state index < -0.39 is 33.6 Å². The monoisotopic (exact) mass is 591 g/mol. The molecule has 0 fully saturated rings. The second kappa shape index (κ2) is 14.1. The number of nitrogens with one attached hydrogen (secondary N) is 1. The van der Waals surface area contributed by atoms with Crippen LogP contribution in [-0.2, 0) is 26.2 Å². The largest absolute Gasteiger partial charge is 0.352 e. The van der Waals surface area contributed by atoms with Crippen LogP contribution in [0.3, 0.4) is 0 Å². The van der Waals surface area contributed by atoms with Gasteiger partial charge in [0.25, 0.3) is 0 Å². The average Bonchev–Trinajstić information content (AvgIpc) is 2.84. The SMILES string of the molecule is CC[C@H](C(=O)N[C@@H](C)CC)N(Cc1c(Cl)cccc1Cl)C(=O)CCCN(c1ccc(F)c(F)c1)S(C)(=O)=O. The van der Waals surface area contributed by atoms with Crippen molar-refractivity contribution in [2.75, 3.05) is 17.1 Å². The second-order valence-electron chi connectivity index (χ2n) is 9.00. The molecule has 0 aromatic heterocycles. The first kappa shape index (κ1) is 31.8. The summed E-state index contributed by atoms with van der Waals surface area (Å²) in [6.45, 7) is 5.39. The van der Waals surface area contributed by atoms with E-state index in [1.165, 1.54) is 4.90 Å². The second-order valence-corrected chi connectivity index (χ2v) is 11.7. The molecule has 0 bridgehead atoms. The Balaban J connectivity index is 2.30. The highest BCUT2D eigenvalue weighted by molar-refractivity contribution is 7.92. The number of halogens is 4. The summed E-state index contributed by atoms with van der Waals surface area (Å²) in [6, 6.07) is 6.80. The molecule has 7 nitrogen and oxygen atoms in total. The lowest BCUT2D eigenvalue weighted by Crippen LogP contribution is -2.50. The Morgan fingerprint density at radius 3 is 2.18 bits per heavy atom. The smallest absolute Gasteiger partial charge is 0.243 e. The molecule has 2 aromatic rings. The normalized spacial score (nSPS) is 13.1. The van der Waals surface area contributed by atoms with Crippen molar-refractivity contribution in [3.05, 3.63) is 63.6 Å². The molecule has 2 atom stereocenters. The lowest BCUT2D eigenvalue weighted by molar-refractivity contribution is -0.141. The van der Waals surface area contributed by atoms with Crippen molar-refractivity contribution in [3.63, 3.8) is 0 Å². The maximum atomic E-state index is 13.8. The number of nitrogens with zero attached hydrogens (tertiary/aromatic N) is 2. The fourth-order valence-corrected chi connectivity index (χ4v) is 5.33. The van der Waals surface area contributed by atoms with Crippen molar-refractivity contribution in [1.82, 2.24) is 10.2 Å². The van der Waals surface area contributed by atoms with Crippen molar-refractivity contribution in [3.8, 4) is 0 Å². The molecule has 2 aromatic carbocycles. The van der Waals surface area contributed by atoms with Crippen LogP contribution in [0.2, 0.25) is 10.0 Å². The van der Waals surface area contributed by atoms with E-state index in [9.17, 15) is 26.8 Å². The van der Waals surface area contributed by atoms with E-state index in [4.69, 9.17) is 23.2 Å². The molecule has 0 radical (unpaired) electrons. The van der Waals surface area contributed by atoms with Gasteiger partial charge in [0.05, 0.1) is 11.9 Å². The zero-order valence-electron chi connectivity index (χ0n) is 21.8. The van der Waals surface area contributed by atoms with Gasteiger partial charge in [0.1, 0.15) is 6.04 Å². The van der Waals surface area contributed by atoms with E-state index in [0.717, 1.165) is 28.8 Å². The standard InChI is InChI=1S/C26H33Cl2F2N3O4S/c1-5-17(3)31-26(35)24(6-2)32(16-19-20(27)9-7-10-21(19)28)25(34)11-8-14-33(38(4,36)37)18-12-13-22(29)23(30)15-18/h7,9-10,12-13,15,17,24H,5-6,8,11,14,16H2,1-4H3,(H,31,35)/t17-,24+/m0/s1. The van der Waals surface area contributed by atoms with Crippen molar-refractivity contribution < 1.29 is 26.8 Å². The third-order valence-electron chi connectivity index (χ3n) is 6.12. The summed E-state index contributed by atoms with van der Waals surface area (Å²) in [4.78, 5) is 28.0. The molecule has 0 aliphatic rings. The maximum absolute atomic E-state index is 13.8. The van der Waals surface area contributed by atoms with Gasteiger partial charge in [0.2, 0.25) is 21.8 Å². The first-order valence-corrected chi connectivity index (χ1v) is 14.9. The van der Waals surface area contributed by atoms with E-state index >= 15 is 0 Å². The third-order valence-corrected chi connectivity index (χ3v) is 8.02. The minimum atomic E-state index is -3.86. The van der Waals surface area contributed by atoms with Crippen LogP contribution >= 0.6 is 23.2 Å². The molecule has 0 spiro atoms. The molecule has 0 aliphatic heterocycles. The first-order valence-electron chi connectivity index (χ1n) is 12.3. The van der Waals surface area contributed by atoms with Crippen LogP contribution in [0.5, 0.6) is 0 Å². The van der Waals surface area contributed by atoms with Gasteiger partial charge in [-0.15, -0.1) is 0 Å². The first-order chi connectivity index (χ1) is 17.8. The fraction of sp³-hybridized carbons (Fsp3) is 0.462. The molecular formula is C26H33Cl2F2N3O4S. The molecule has 0 aliphatic carbocycles. The molecular weight excluding hydrogens is 559 g/mol. The van der Waals surface area contributed by atoms with Gasteiger partial charge in [0.15, 0.2) is 11.6 Å². The minimum absolute atomic E-state index is 0.0251. The summed E-state index contributed by atoms with van der Waals surface area (Å²) in [5.41, 5.74) is 0.427. The van der Waals surface area contributed by atoms with E-state index in [2.05, 4.69) is 5.32 Å². The molecule has 0 heterocycles. The minimum Gasteiger partial charge on any atom is -0.352 e. The van der Waals surface area contributed by atoms with Gasteiger partial charge in [-0.1, -0.05) is 43.1 Å². The van der Waals surface area contributed by atoms with Crippen molar-refractivity contribution >= 4 is 50.7 Å². The van der Waals surface area contributed by atoms with Gasteiger partial charge in [-0.05, 0) is 50.5 Å². The van der Waals surface area contributed by atoms with Gasteiger partial charge in [-0.25, -0.2) is 17.2 Å². The number of amides is 2. The zero-order chi connectivity index (χ0) is 28.6. The molecule has 38 heavy (non-hydrogen) atoms. The summed E-state index contributed by atoms with van der Waals surface area (Å²) in [5.74, 6) is -3.02. The highest BCUT2D eigenvalue weighted by Gasteiger charge is 2.30. The van der Waals surface area contributed by atoms with Crippen molar-refractivity contribution in [2.24, 2.45) is 0 Å². The highest BCUT2D eigenvalue weighted by Crippen LogP contribution is 2.28. The number of carbonyl (C=O) groups excluding carboxylic acids is 2. The molecule has 0 unspecified atom stereocenters. The molecule has 12 heteroatoms. The predicted octanol–water partition coefficient (Wildman–Crippen LogP) is 5.54. The molecule has 2 amide bonds. The number of carbonyl (C=O) groups is 2. The summed E-state index contributed by atoms with van der Waals surface area (Å²) in [5, 5.41) is 3.59. The molecule has 0 saturated heterocycles. The number of hydrogen-bond donors (Lipinski definition) is 1. The Morgan fingerprint density at radius 1 is 1.03 bits per heavy atom. The Kier molecular flexibility index (Phi) is 11.8. The lowest BCUT2D eigenvalue weighted by Gasteiger charge is -2.32. The van der Waals surface area contributed by atoms with Crippen LogP contribution in [-0.4, -0.2) is 50.0 Å². The fourth-order valence-electron chi connectivity index (χ4n) is 3.86. The Bertz CT molecular complexity index is 1230. The maximum Gasteiger partial charge on any atom is 0.243 e. The quantitative estimate of drug-likeness (QED) is 0.331. The van der Waals surface area contributed by atoms with Crippen molar-refractivity contribution in [2.45, 2.75) is 65.1 Å². The van der Waals surface area contributed by atoms with Crippen LogP contribution < -0.4 is 9.62 Å². The predicted molar refractivity (Wildman–Crippen MR) is 147 cm³/mol. The van der Waals surface area contributed by atoms with Crippen LogP contribution in [0.25, 0.3) is 0 Å². The van der Waals surface area contributed by atoms with Gasteiger partial charge in [-0.3, -0.25) is 13.9 Å². The number of benzene rings is 2. The number of anilines is 1. The Labute approximate surface area is 233 Å².